The Morgan fingerprint density at radius 1 is 1.32 bits per heavy atom. The highest BCUT2D eigenvalue weighted by molar-refractivity contribution is 5.17. The third-order valence-electron chi connectivity index (χ3n) is 4.03. The molecule has 1 aromatic rings. The monoisotopic (exact) mass is 268 g/mol. The normalized spacial score (nSPS) is 22.4. The van der Waals surface area contributed by atoms with E-state index < -0.39 is 11.6 Å². The minimum absolute atomic E-state index is 0.479. The Morgan fingerprint density at radius 2 is 2.00 bits per heavy atom. The van der Waals surface area contributed by atoms with Gasteiger partial charge in [0.2, 0.25) is 0 Å². The van der Waals surface area contributed by atoms with E-state index in [2.05, 4.69) is 17.1 Å². The van der Waals surface area contributed by atoms with E-state index in [1.54, 1.807) is 0 Å². The molecule has 1 heterocycles. The summed E-state index contributed by atoms with van der Waals surface area (Å²) >= 11 is 0. The predicted molar refractivity (Wildman–Crippen MR) is 72.9 cm³/mol. The lowest BCUT2D eigenvalue weighted by Crippen LogP contribution is -2.43. The molecule has 0 radical (unpaired) electrons. The summed E-state index contributed by atoms with van der Waals surface area (Å²) in [6, 6.07) is 4.25. The zero-order chi connectivity index (χ0) is 13.8. The van der Waals surface area contributed by atoms with Crippen LogP contribution in [0.15, 0.2) is 18.2 Å². The van der Waals surface area contributed by atoms with Crippen LogP contribution in [-0.4, -0.2) is 31.1 Å². The molecule has 1 aliphatic rings. The first-order chi connectivity index (χ1) is 9.08. The van der Waals surface area contributed by atoms with E-state index in [0.29, 0.717) is 18.5 Å². The van der Waals surface area contributed by atoms with E-state index in [9.17, 15) is 8.78 Å². The highest BCUT2D eigenvalue weighted by Crippen LogP contribution is 2.21. The fourth-order valence-corrected chi connectivity index (χ4v) is 2.84. The fourth-order valence-electron chi connectivity index (χ4n) is 2.84. The Labute approximate surface area is 113 Å². The second-order valence-electron chi connectivity index (χ2n) is 5.49. The highest BCUT2D eigenvalue weighted by Gasteiger charge is 2.23. The van der Waals surface area contributed by atoms with Gasteiger partial charge in [0.15, 0.2) is 0 Å². The number of nitrogens with one attached hydrogen (secondary N) is 1. The minimum Gasteiger partial charge on any atom is -0.317 e. The molecule has 0 amide bonds. The van der Waals surface area contributed by atoms with Gasteiger partial charge in [-0.05, 0) is 57.0 Å². The first-order valence-corrected chi connectivity index (χ1v) is 6.93. The first-order valence-electron chi connectivity index (χ1n) is 6.93. The standard InChI is InChI=1S/C15H22F2N2/c1-11(18-2)13-4-3-5-19(10-13)9-12-6-14(16)8-15(17)7-12/h6-8,11,13,18H,3-5,9-10H2,1-2H3. The molecule has 0 aromatic heterocycles. The van der Waals surface area contributed by atoms with E-state index in [4.69, 9.17) is 0 Å². The Bertz CT molecular complexity index is 402. The zero-order valence-electron chi connectivity index (χ0n) is 11.6. The van der Waals surface area contributed by atoms with Crippen LogP contribution in [0.2, 0.25) is 0 Å². The largest absolute Gasteiger partial charge is 0.317 e. The summed E-state index contributed by atoms with van der Waals surface area (Å²) in [7, 11) is 1.98. The van der Waals surface area contributed by atoms with Crippen LogP contribution in [0.5, 0.6) is 0 Å². The Balaban J connectivity index is 1.98. The molecular formula is C15H22F2N2. The van der Waals surface area contributed by atoms with E-state index in [1.807, 2.05) is 7.05 Å². The first kappa shape index (κ1) is 14.4. The average Bonchev–Trinajstić information content (AvgIpc) is 2.37. The van der Waals surface area contributed by atoms with E-state index >= 15 is 0 Å². The molecule has 19 heavy (non-hydrogen) atoms. The second kappa shape index (κ2) is 6.44. The number of hydrogen-bond acceptors (Lipinski definition) is 2. The molecule has 106 valence electrons. The van der Waals surface area contributed by atoms with Crippen LogP contribution in [0.3, 0.4) is 0 Å². The van der Waals surface area contributed by atoms with Gasteiger partial charge in [0.25, 0.3) is 0 Å². The molecular weight excluding hydrogens is 246 g/mol. The predicted octanol–water partition coefficient (Wildman–Crippen LogP) is 2.78. The second-order valence-corrected chi connectivity index (χ2v) is 5.49. The number of hydrogen-bond donors (Lipinski definition) is 1. The number of benzene rings is 1. The third kappa shape index (κ3) is 3.98. The van der Waals surface area contributed by atoms with Crippen LogP contribution < -0.4 is 5.32 Å². The Hall–Kier alpha value is -1.00. The van der Waals surface area contributed by atoms with Crippen molar-refractivity contribution >= 4 is 0 Å². The summed E-state index contributed by atoms with van der Waals surface area (Å²) in [4.78, 5) is 2.29. The summed E-state index contributed by atoms with van der Waals surface area (Å²) in [5, 5.41) is 3.29. The molecule has 2 unspecified atom stereocenters. The van der Waals surface area contributed by atoms with Crippen LogP contribution in [0.1, 0.15) is 25.3 Å². The van der Waals surface area contributed by atoms with Crippen molar-refractivity contribution in [2.24, 2.45) is 5.92 Å². The van der Waals surface area contributed by atoms with Gasteiger partial charge in [0.05, 0.1) is 0 Å². The maximum absolute atomic E-state index is 13.2. The smallest absolute Gasteiger partial charge is 0.126 e. The van der Waals surface area contributed by atoms with E-state index in [-0.39, 0.29) is 0 Å². The van der Waals surface area contributed by atoms with Crippen LogP contribution in [0.25, 0.3) is 0 Å². The molecule has 2 atom stereocenters. The molecule has 0 spiro atoms. The van der Waals surface area contributed by atoms with Crippen molar-refractivity contribution in [3.05, 3.63) is 35.4 Å². The maximum atomic E-state index is 13.2. The molecule has 2 rings (SSSR count). The van der Waals surface area contributed by atoms with E-state index in [1.165, 1.54) is 18.6 Å². The lowest BCUT2D eigenvalue weighted by Gasteiger charge is -2.35. The van der Waals surface area contributed by atoms with Gasteiger partial charge in [-0.15, -0.1) is 0 Å². The van der Waals surface area contributed by atoms with Crippen molar-refractivity contribution in [3.8, 4) is 0 Å². The number of nitrogens with zero attached hydrogens (tertiary/aromatic N) is 1. The summed E-state index contributed by atoms with van der Waals surface area (Å²) < 4.78 is 26.3. The van der Waals surface area contributed by atoms with Crippen LogP contribution >= 0.6 is 0 Å². The summed E-state index contributed by atoms with van der Waals surface area (Å²) in [5.41, 5.74) is 0.718. The van der Waals surface area contributed by atoms with Crippen molar-refractivity contribution in [3.63, 3.8) is 0 Å². The van der Waals surface area contributed by atoms with Gasteiger partial charge < -0.3 is 5.32 Å². The Morgan fingerprint density at radius 3 is 2.63 bits per heavy atom. The van der Waals surface area contributed by atoms with E-state index in [0.717, 1.165) is 31.1 Å². The Kier molecular flexibility index (Phi) is 4.88. The fraction of sp³-hybridized carbons (Fsp3) is 0.600. The molecule has 4 heteroatoms. The van der Waals surface area contributed by atoms with Gasteiger partial charge in [-0.25, -0.2) is 8.78 Å². The molecule has 0 aliphatic carbocycles. The van der Waals surface area contributed by atoms with Crippen molar-refractivity contribution in [2.75, 3.05) is 20.1 Å². The number of rotatable bonds is 4. The number of likely N-dealkylation sites (tertiary alicyclic amines) is 1. The summed E-state index contributed by atoms with van der Waals surface area (Å²) in [5.74, 6) is -0.378. The molecule has 0 saturated carbocycles. The molecule has 0 bridgehead atoms. The highest BCUT2D eigenvalue weighted by atomic mass is 19.1. The molecule has 1 aromatic carbocycles. The topological polar surface area (TPSA) is 15.3 Å². The lowest BCUT2D eigenvalue weighted by molar-refractivity contribution is 0.146. The lowest BCUT2D eigenvalue weighted by atomic mass is 9.91. The van der Waals surface area contributed by atoms with Crippen molar-refractivity contribution in [2.45, 2.75) is 32.4 Å². The van der Waals surface area contributed by atoms with Crippen molar-refractivity contribution < 1.29 is 8.78 Å². The van der Waals surface area contributed by atoms with Crippen LogP contribution in [0.4, 0.5) is 8.78 Å². The van der Waals surface area contributed by atoms with Gasteiger partial charge in [0, 0.05) is 25.2 Å². The summed E-state index contributed by atoms with van der Waals surface area (Å²) in [6.45, 7) is 4.81. The van der Waals surface area contributed by atoms with Crippen LogP contribution in [-0.2, 0) is 6.54 Å². The van der Waals surface area contributed by atoms with Crippen LogP contribution in [0, 0.1) is 17.6 Å². The average molecular weight is 268 g/mol. The molecule has 1 aliphatic heterocycles. The number of piperidine rings is 1. The summed E-state index contributed by atoms with van der Waals surface area (Å²) in [6.07, 6.45) is 2.37. The van der Waals surface area contributed by atoms with Gasteiger partial charge in [-0.3, -0.25) is 4.90 Å². The zero-order valence-corrected chi connectivity index (χ0v) is 11.6. The van der Waals surface area contributed by atoms with Gasteiger partial charge in [-0.2, -0.15) is 0 Å². The van der Waals surface area contributed by atoms with Gasteiger partial charge in [-0.1, -0.05) is 0 Å². The number of halogens is 2. The van der Waals surface area contributed by atoms with Crippen molar-refractivity contribution in [1.82, 2.24) is 10.2 Å². The molecule has 1 saturated heterocycles. The maximum Gasteiger partial charge on any atom is 0.126 e. The molecule has 2 nitrogen and oxygen atoms in total. The quantitative estimate of drug-likeness (QED) is 0.903. The van der Waals surface area contributed by atoms with Crippen molar-refractivity contribution in [1.29, 1.82) is 0 Å². The van der Waals surface area contributed by atoms with Gasteiger partial charge in [0.1, 0.15) is 11.6 Å². The third-order valence-corrected chi connectivity index (χ3v) is 4.03. The SMILES string of the molecule is CNC(C)C1CCCN(Cc2cc(F)cc(F)c2)C1. The van der Waals surface area contributed by atoms with Gasteiger partial charge >= 0.3 is 0 Å². The minimum atomic E-state index is -0.493. The molecule has 1 fully saturated rings. The molecule has 1 N–H and O–H groups in total.